The predicted molar refractivity (Wildman–Crippen MR) is 81.8 cm³/mol. The van der Waals surface area contributed by atoms with Crippen molar-refractivity contribution in [1.82, 2.24) is 9.55 Å². The second-order valence-electron chi connectivity index (χ2n) is 4.57. The standard InChI is InChI=1S/C15H14ClN3O/c1-9-8-10(6-7-13(9)20-2)19-12-5-3-4-11(16)14(12)18-15(19)17/h3-8H,1-2H3,(H2,17,18). The number of anilines is 1. The zero-order valence-electron chi connectivity index (χ0n) is 11.2. The van der Waals surface area contributed by atoms with Crippen LogP contribution in [0, 0.1) is 6.92 Å². The topological polar surface area (TPSA) is 53.1 Å². The summed E-state index contributed by atoms with van der Waals surface area (Å²) in [5.74, 6) is 1.26. The molecule has 0 spiro atoms. The second kappa shape index (κ2) is 4.72. The molecular formula is C15H14ClN3O. The summed E-state index contributed by atoms with van der Waals surface area (Å²) in [6, 6.07) is 11.5. The van der Waals surface area contributed by atoms with Crippen LogP contribution in [0.4, 0.5) is 5.95 Å². The molecule has 0 aliphatic carbocycles. The summed E-state index contributed by atoms with van der Waals surface area (Å²) in [4.78, 5) is 4.34. The van der Waals surface area contributed by atoms with Crippen LogP contribution in [0.25, 0.3) is 16.7 Å². The molecule has 5 heteroatoms. The Labute approximate surface area is 121 Å². The van der Waals surface area contributed by atoms with E-state index in [2.05, 4.69) is 4.98 Å². The molecule has 0 saturated heterocycles. The van der Waals surface area contributed by atoms with Gasteiger partial charge in [-0.15, -0.1) is 0 Å². The normalized spacial score (nSPS) is 10.9. The predicted octanol–water partition coefficient (Wildman–Crippen LogP) is 3.58. The van der Waals surface area contributed by atoms with Gasteiger partial charge in [0.25, 0.3) is 0 Å². The number of para-hydroxylation sites is 1. The zero-order valence-corrected chi connectivity index (χ0v) is 12.0. The molecule has 1 heterocycles. The van der Waals surface area contributed by atoms with Crippen LogP contribution < -0.4 is 10.5 Å². The Morgan fingerprint density at radius 3 is 2.75 bits per heavy atom. The van der Waals surface area contributed by atoms with E-state index in [9.17, 15) is 0 Å². The number of benzene rings is 2. The Kier molecular flexibility index (Phi) is 3.03. The summed E-state index contributed by atoms with van der Waals surface area (Å²) in [5, 5.41) is 0.596. The van der Waals surface area contributed by atoms with Crippen LogP contribution in [0.15, 0.2) is 36.4 Å². The van der Waals surface area contributed by atoms with Crippen molar-refractivity contribution < 1.29 is 4.74 Å². The summed E-state index contributed by atoms with van der Waals surface area (Å²) >= 11 is 6.16. The van der Waals surface area contributed by atoms with Gasteiger partial charge in [-0.2, -0.15) is 0 Å². The van der Waals surface area contributed by atoms with Crippen LogP contribution in [-0.4, -0.2) is 16.7 Å². The minimum absolute atomic E-state index is 0.415. The zero-order chi connectivity index (χ0) is 14.3. The number of aromatic nitrogens is 2. The molecule has 0 atom stereocenters. The molecule has 2 aromatic carbocycles. The monoisotopic (exact) mass is 287 g/mol. The first-order valence-electron chi connectivity index (χ1n) is 6.19. The van der Waals surface area contributed by atoms with E-state index in [-0.39, 0.29) is 0 Å². The van der Waals surface area contributed by atoms with Crippen LogP contribution in [0.5, 0.6) is 5.75 Å². The Balaban J connectivity index is 2.27. The highest BCUT2D eigenvalue weighted by molar-refractivity contribution is 6.35. The van der Waals surface area contributed by atoms with Gasteiger partial charge >= 0.3 is 0 Å². The molecule has 102 valence electrons. The fourth-order valence-corrected chi connectivity index (χ4v) is 2.57. The third kappa shape index (κ3) is 1.89. The molecule has 3 rings (SSSR count). The number of nitrogen functional groups attached to an aromatic ring is 1. The summed E-state index contributed by atoms with van der Waals surface area (Å²) in [6.07, 6.45) is 0. The largest absolute Gasteiger partial charge is 0.496 e. The molecule has 0 aliphatic rings. The Hall–Kier alpha value is -2.20. The Morgan fingerprint density at radius 1 is 1.25 bits per heavy atom. The third-order valence-corrected chi connectivity index (χ3v) is 3.60. The van der Waals surface area contributed by atoms with Crippen molar-refractivity contribution in [2.75, 3.05) is 12.8 Å². The number of nitrogens with two attached hydrogens (primary N) is 1. The van der Waals surface area contributed by atoms with Crippen molar-refractivity contribution in [3.05, 3.63) is 47.0 Å². The quantitative estimate of drug-likeness (QED) is 0.784. The van der Waals surface area contributed by atoms with E-state index < -0.39 is 0 Å². The lowest BCUT2D eigenvalue weighted by Crippen LogP contribution is -2.01. The molecule has 3 aromatic rings. The van der Waals surface area contributed by atoms with Gasteiger partial charge in [-0.3, -0.25) is 4.57 Å². The van der Waals surface area contributed by atoms with Gasteiger partial charge in [0.2, 0.25) is 5.95 Å². The fourth-order valence-electron chi connectivity index (χ4n) is 2.36. The minimum atomic E-state index is 0.415. The highest BCUT2D eigenvalue weighted by atomic mass is 35.5. The number of ether oxygens (including phenoxy) is 1. The lowest BCUT2D eigenvalue weighted by atomic mass is 10.2. The molecule has 0 unspecified atom stereocenters. The van der Waals surface area contributed by atoms with Gasteiger partial charge in [0.15, 0.2) is 0 Å². The number of hydrogen-bond acceptors (Lipinski definition) is 3. The van der Waals surface area contributed by atoms with Crippen molar-refractivity contribution in [1.29, 1.82) is 0 Å². The van der Waals surface area contributed by atoms with Gasteiger partial charge in [-0.05, 0) is 42.8 Å². The number of imidazole rings is 1. The van der Waals surface area contributed by atoms with E-state index in [1.54, 1.807) is 13.2 Å². The average Bonchev–Trinajstić information content (AvgIpc) is 2.76. The minimum Gasteiger partial charge on any atom is -0.496 e. The number of halogens is 1. The highest BCUT2D eigenvalue weighted by Crippen LogP contribution is 2.29. The van der Waals surface area contributed by atoms with Crippen molar-refractivity contribution in [2.24, 2.45) is 0 Å². The number of nitrogens with zero attached hydrogens (tertiary/aromatic N) is 2. The number of hydrogen-bond donors (Lipinski definition) is 1. The smallest absolute Gasteiger partial charge is 0.205 e. The maximum atomic E-state index is 6.16. The lowest BCUT2D eigenvalue weighted by molar-refractivity contribution is 0.411. The van der Waals surface area contributed by atoms with Gasteiger partial charge in [0.1, 0.15) is 11.3 Å². The van der Waals surface area contributed by atoms with E-state index in [0.717, 1.165) is 22.5 Å². The highest BCUT2D eigenvalue weighted by Gasteiger charge is 2.13. The first-order chi connectivity index (χ1) is 9.61. The molecule has 0 aliphatic heterocycles. The van der Waals surface area contributed by atoms with Crippen molar-refractivity contribution in [2.45, 2.75) is 6.92 Å². The summed E-state index contributed by atoms with van der Waals surface area (Å²) in [6.45, 7) is 1.99. The van der Waals surface area contributed by atoms with E-state index in [4.69, 9.17) is 22.1 Å². The Bertz CT molecular complexity index is 795. The van der Waals surface area contributed by atoms with Crippen molar-refractivity contribution in [3.8, 4) is 11.4 Å². The molecule has 2 N–H and O–H groups in total. The van der Waals surface area contributed by atoms with Crippen molar-refractivity contribution in [3.63, 3.8) is 0 Å². The number of fused-ring (bicyclic) bond motifs is 1. The third-order valence-electron chi connectivity index (χ3n) is 3.30. The SMILES string of the molecule is COc1ccc(-n2c(N)nc3c(Cl)cccc32)cc1C. The van der Waals surface area contributed by atoms with Crippen LogP contribution in [0.3, 0.4) is 0 Å². The summed E-state index contributed by atoms with van der Waals surface area (Å²) in [5.41, 5.74) is 9.60. The molecule has 0 amide bonds. The second-order valence-corrected chi connectivity index (χ2v) is 4.97. The van der Waals surface area contributed by atoms with E-state index in [1.807, 2.05) is 41.8 Å². The average molecular weight is 288 g/mol. The van der Waals surface area contributed by atoms with Crippen LogP contribution >= 0.6 is 11.6 Å². The van der Waals surface area contributed by atoms with Crippen LogP contribution in [-0.2, 0) is 0 Å². The molecule has 0 bridgehead atoms. The number of rotatable bonds is 2. The summed E-state index contributed by atoms with van der Waals surface area (Å²) in [7, 11) is 1.66. The summed E-state index contributed by atoms with van der Waals surface area (Å²) < 4.78 is 7.16. The fraction of sp³-hybridized carbons (Fsp3) is 0.133. The lowest BCUT2D eigenvalue weighted by Gasteiger charge is -2.10. The maximum Gasteiger partial charge on any atom is 0.205 e. The molecule has 20 heavy (non-hydrogen) atoms. The molecule has 4 nitrogen and oxygen atoms in total. The van der Waals surface area contributed by atoms with Crippen LogP contribution in [0.1, 0.15) is 5.56 Å². The van der Waals surface area contributed by atoms with Gasteiger partial charge < -0.3 is 10.5 Å². The first kappa shape index (κ1) is 12.8. The molecule has 0 saturated carbocycles. The van der Waals surface area contributed by atoms with E-state index in [0.29, 0.717) is 16.5 Å². The van der Waals surface area contributed by atoms with Gasteiger partial charge in [-0.25, -0.2) is 4.98 Å². The first-order valence-corrected chi connectivity index (χ1v) is 6.57. The molecular weight excluding hydrogens is 274 g/mol. The van der Waals surface area contributed by atoms with Gasteiger partial charge in [0.05, 0.1) is 17.6 Å². The van der Waals surface area contributed by atoms with Gasteiger partial charge in [-0.1, -0.05) is 17.7 Å². The molecule has 1 aromatic heterocycles. The van der Waals surface area contributed by atoms with Crippen LogP contribution in [0.2, 0.25) is 5.02 Å². The van der Waals surface area contributed by atoms with E-state index >= 15 is 0 Å². The van der Waals surface area contributed by atoms with Gasteiger partial charge in [0, 0.05) is 5.69 Å². The molecule has 0 fully saturated rings. The Morgan fingerprint density at radius 2 is 2.05 bits per heavy atom. The van der Waals surface area contributed by atoms with Crippen molar-refractivity contribution >= 4 is 28.6 Å². The number of aryl methyl sites for hydroxylation is 1. The number of methoxy groups -OCH3 is 1. The maximum absolute atomic E-state index is 6.16. The molecule has 0 radical (unpaired) electrons. The van der Waals surface area contributed by atoms with E-state index in [1.165, 1.54) is 0 Å².